The fourth-order valence-electron chi connectivity index (χ4n) is 2.97. The van der Waals surface area contributed by atoms with Crippen LogP contribution in [0.5, 0.6) is 0 Å². The van der Waals surface area contributed by atoms with Gasteiger partial charge in [-0.05, 0) is 51.5 Å². The molecule has 0 bridgehead atoms. The third-order valence-electron chi connectivity index (χ3n) is 5.30. The summed E-state index contributed by atoms with van der Waals surface area (Å²) >= 11 is 0. The van der Waals surface area contributed by atoms with E-state index in [1.807, 2.05) is 0 Å². The summed E-state index contributed by atoms with van der Waals surface area (Å²) in [6, 6.07) is 1.10. The molecule has 0 N–H and O–H groups in total. The minimum absolute atomic E-state index is 0.353. The van der Waals surface area contributed by atoms with Crippen molar-refractivity contribution < 1.29 is 45.2 Å². The van der Waals surface area contributed by atoms with Gasteiger partial charge in [-0.25, -0.2) is 0 Å². The molecule has 11 heteroatoms. The highest BCUT2D eigenvalue weighted by Crippen LogP contribution is 2.45. The summed E-state index contributed by atoms with van der Waals surface area (Å²) < 4.78 is 96.2. The molecule has 1 fully saturated rings. The number of esters is 1. The molecule has 1 heterocycles. The summed E-state index contributed by atoms with van der Waals surface area (Å²) in [5.74, 6) is -2.38. The first-order chi connectivity index (χ1) is 13.0. The fraction of sp³-hybridized carbons (Fsp3) is 0.611. The van der Waals surface area contributed by atoms with Crippen LogP contribution in [0, 0.1) is 0 Å². The molecule has 0 amide bonds. The number of hydrogen-bond acceptors (Lipinski definition) is 4. The van der Waals surface area contributed by atoms with Gasteiger partial charge in [-0.2, -0.15) is 26.3 Å². The van der Waals surface area contributed by atoms with Crippen molar-refractivity contribution in [3.63, 3.8) is 0 Å². The van der Waals surface area contributed by atoms with Gasteiger partial charge >= 0.3 is 25.4 Å². The van der Waals surface area contributed by atoms with Gasteiger partial charge in [0.25, 0.3) is 0 Å². The van der Waals surface area contributed by atoms with Crippen molar-refractivity contribution in [2.75, 3.05) is 7.11 Å². The lowest BCUT2D eigenvalue weighted by Gasteiger charge is -2.32. The van der Waals surface area contributed by atoms with Crippen molar-refractivity contribution in [2.24, 2.45) is 0 Å². The fourth-order valence-corrected chi connectivity index (χ4v) is 2.97. The molecule has 29 heavy (non-hydrogen) atoms. The zero-order valence-corrected chi connectivity index (χ0v) is 16.5. The smallest absolute Gasteiger partial charge is 0.466 e. The monoisotopic (exact) mass is 426 g/mol. The van der Waals surface area contributed by atoms with E-state index in [0.717, 1.165) is 7.11 Å². The van der Waals surface area contributed by atoms with Crippen molar-refractivity contribution >= 4 is 13.1 Å². The highest BCUT2D eigenvalue weighted by Gasteiger charge is 2.55. The minimum atomic E-state index is -4.95. The Kier molecular flexibility index (Phi) is 6.09. The maximum Gasteiger partial charge on any atom is 0.466 e. The topological polar surface area (TPSA) is 44.8 Å². The first-order valence-electron chi connectivity index (χ1n) is 8.70. The van der Waals surface area contributed by atoms with Gasteiger partial charge < -0.3 is 14.0 Å². The van der Waals surface area contributed by atoms with E-state index >= 15 is 0 Å². The second-order valence-electron chi connectivity index (χ2n) is 7.81. The average molecular weight is 426 g/mol. The molecule has 0 radical (unpaired) electrons. The van der Waals surface area contributed by atoms with Crippen LogP contribution in [-0.4, -0.2) is 31.4 Å². The Balaban J connectivity index is 2.65. The molecule has 0 spiro atoms. The van der Waals surface area contributed by atoms with Gasteiger partial charge in [-0.15, -0.1) is 0 Å². The molecule has 1 saturated heterocycles. The van der Waals surface area contributed by atoms with Crippen LogP contribution in [0.25, 0.3) is 0 Å². The number of alkyl halides is 6. The number of hydrogen-bond donors (Lipinski definition) is 0. The number of carbonyl (C=O) groups excluding carboxylic acids is 1. The molecule has 4 nitrogen and oxygen atoms in total. The maximum absolute atomic E-state index is 13.6. The first kappa shape index (κ1) is 23.5. The number of halogens is 6. The van der Waals surface area contributed by atoms with Crippen LogP contribution in [0.4, 0.5) is 26.3 Å². The lowest BCUT2D eigenvalue weighted by atomic mass is 9.65. The zero-order chi connectivity index (χ0) is 22.4. The predicted octanol–water partition coefficient (Wildman–Crippen LogP) is 5.00. The number of carbonyl (C=O) groups is 1. The van der Waals surface area contributed by atoms with E-state index in [0.29, 0.717) is 18.2 Å². The normalized spacial score (nSPS) is 19.9. The largest absolute Gasteiger partial charge is 0.469 e. The summed E-state index contributed by atoms with van der Waals surface area (Å²) in [6.45, 7) is 6.55. The van der Waals surface area contributed by atoms with Gasteiger partial charge in [0.15, 0.2) is 0 Å². The van der Waals surface area contributed by atoms with Crippen molar-refractivity contribution in [3.05, 3.63) is 34.9 Å². The second-order valence-corrected chi connectivity index (χ2v) is 7.81. The summed E-state index contributed by atoms with van der Waals surface area (Å²) in [7, 11) is -0.357. The van der Waals surface area contributed by atoms with Crippen molar-refractivity contribution in [2.45, 2.75) is 63.5 Å². The summed E-state index contributed by atoms with van der Waals surface area (Å²) in [5.41, 5.74) is -5.24. The first-order valence-corrected chi connectivity index (χ1v) is 8.70. The van der Waals surface area contributed by atoms with Crippen LogP contribution in [-0.2, 0) is 31.2 Å². The van der Waals surface area contributed by atoms with Gasteiger partial charge in [0.05, 0.1) is 35.9 Å². The molecule has 0 aliphatic carbocycles. The highest BCUT2D eigenvalue weighted by atomic mass is 19.4. The van der Waals surface area contributed by atoms with E-state index in [2.05, 4.69) is 4.74 Å². The highest BCUT2D eigenvalue weighted by molar-refractivity contribution is 6.48. The molecular formula is C18H21BF6O4. The molecular weight excluding hydrogens is 405 g/mol. The molecule has 2 rings (SSSR count). The number of benzene rings is 1. The lowest BCUT2D eigenvalue weighted by molar-refractivity contribution is -0.143. The van der Waals surface area contributed by atoms with Crippen LogP contribution in [0.3, 0.4) is 0 Å². The zero-order valence-electron chi connectivity index (χ0n) is 16.5. The molecule has 162 valence electrons. The van der Waals surface area contributed by atoms with Crippen LogP contribution in [0.1, 0.15) is 56.6 Å². The third-order valence-corrected chi connectivity index (χ3v) is 5.30. The van der Waals surface area contributed by atoms with E-state index in [1.54, 1.807) is 27.7 Å². The van der Waals surface area contributed by atoms with E-state index in [4.69, 9.17) is 9.31 Å². The molecule has 1 aliphatic rings. The van der Waals surface area contributed by atoms with Crippen molar-refractivity contribution in [1.29, 1.82) is 0 Å². The molecule has 1 unspecified atom stereocenters. The summed E-state index contributed by atoms with van der Waals surface area (Å²) in [5, 5.41) is 0. The van der Waals surface area contributed by atoms with Crippen molar-refractivity contribution in [3.8, 4) is 0 Å². The molecule has 1 atom stereocenters. The number of methoxy groups -OCH3 is 1. The number of rotatable bonds is 4. The van der Waals surface area contributed by atoms with Crippen LogP contribution >= 0.6 is 0 Å². The molecule has 0 aromatic heterocycles. The minimum Gasteiger partial charge on any atom is -0.469 e. The Labute approximate surface area is 164 Å². The van der Waals surface area contributed by atoms with Crippen LogP contribution in [0.2, 0.25) is 0 Å². The van der Waals surface area contributed by atoms with E-state index in [9.17, 15) is 31.1 Å². The standard InChI is InChI=1S/C18H21BF6O4/c1-15(2)16(3,4)29-19(28-15)13(9-14(26)27-5)11-8-10(17(20,21)22)6-7-12(11)18(23,24)25/h6-8,13H,9H2,1-5H3. The molecule has 1 aromatic carbocycles. The number of ether oxygens (including phenoxy) is 1. The van der Waals surface area contributed by atoms with Crippen LogP contribution < -0.4 is 0 Å². The SMILES string of the molecule is COC(=O)CC(B1OC(C)(C)C(C)(C)O1)c1cc(C(F)(F)F)ccc1C(F)(F)F. The Morgan fingerprint density at radius 1 is 1.03 bits per heavy atom. The molecule has 1 aliphatic heterocycles. The molecule has 1 aromatic rings. The quantitative estimate of drug-likeness (QED) is 0.386. The van der Waals surface area contributed by atoms with Crippen LogP contribution in [0.15, 0.2) is 18.2 Å². The second kappa shape index (κ2) is 7.50. The Hall–Kier alpha value is -1.75. The summed E-state index contributed by atoms with van der Waals surface area (Å²) in [6.07, 6.45) is -10.5. The van der Waals surface area contributed by atoms with Gasteiger partial charge in [-0.1, -0.05) is 0 Å². The maximum atomic E-state index is 13.6. The van der Waals surface area contributed by atoms with Gasteiger partial charge in [0.1, 0.15) is 0 Å². The third kappa shape index (κ3) is 4.88. The van der Waals surface area contributed by atoms with Gasteiger partial charge in [-0.3, -0.25) is 4.79 Å². The van der Waals surface area contributed by atoms with Gasteiger partial charge in [0, 0.05) is 5.82 Å². The van der Waals surface area contributed by atoms with E-state index in [1.165, 1.54) is 0 Å². The summed E-state index contributed by atoms with van der Waals surface area (Å²) in [4.78, 5) is 11.9. The van der Waals surface area contributed by atoms with E-state index < -0.39 is 65.6 Å². The predicted molar refractivity (Wildman–Crippen MR) is 91.9 cm³/mol. The Bertz CT molecular complexity index is 757. The van der Waals surface area contributed by atoms with Crippen molar-refractivity contribution in [1.82, 2.24) is 0 Å². The average Bonchev–Trinajstić information content (AvgIpc) is 2.77. The van der Waals surface area contributed by atoms with E-state index in [-0.39, 0.29) is 0 Å². The van der Waals surface area contributed by atoms with Gasteiger partial charge in [0.2, 0.25) is 0 Å². The Morgan fingerprint density at radius 3 is 1.97 bits per heavy atom. The Morgan fingerprint density at radius 2 is 1.55 bits per heavy atom. The lowest BCUT2D eigenvalue weighted by Crippen LogP contribution is -2.41. The molecule has 0 saturated carbocycles.